The molecule has 1 heterocycles. The molecule has 0 fully saturated rings. The molecule has 0 saturated carbocycles. The summed E-state index contributed by atoms with van der Waals surface area (Å²) in [6.07, 6.45) is 0. The first-order valence-electron chi connectivity index (χ1n) is 7.96. The molecule has 0 spiro atoms. The lowest BCUT2D eigenvalue weighted by Crippen LogP contribution is -2.22. The second kappa shape index (κ2) is 7.53. The number of anilines is 1. The molecule has 0 radical (unpaired) electrons. The fourth-order valence-electron chi connectivity index (χ4n) is 2.26. The predicted molar refractivity (Wildman–Crippen MR) is 99.6 cm³/mol. The first-order valence-corrected chi connectivity index (χ1v) is 8.84. The third kappa shape index (κ3) is 4.28. The van der Waals surface area contributed by atoms with Crippen LogP contribution in [0.2, 0.25) is 0 Å². The van der Waals surface area contributed by atoms with Crippen LogP contribution in [0.3, 0.4) is 0 Å². The number of benzene rings is 2. The van der Waals surface area contributed by atoms with Crippen molar-refractivity contribution in [2.75, 3.05) is 5.32 Å². The van der Waals surface area contributed by atoms with Crippen LogP contribution in [0.4, 0.5) is 5.69 Å². The summed E-state index contributed by atoms with van der Waals surface area (Å²) >= 11 is 1.24. The van der Waals surface area contributed by atoms with E-state index in [9.17, 15) is 4.79 Å². The van der Waals surface area contributed by atoms with E-state index in [1.165, 1.54) is 11.8 Å². The minimum atomic E-state index is -0.355. The van der Waals surface area contributed by atoms with Gasteiger partial charge in [0.25, 0.3) is 5.22 Å². The molecule has 0 bridgehead atoms. The van der Waals surface area contributed by atoms with E-state index in [0.717, 1.165) is 22.4 Å². The summed E-state index contributed by atoms with van der Waals surface area (Å²) in [7, 11) is 0. The van der Waals surface area contributed by atoms with Gasteiger partial charge in [0.15, 0.2) is 0 Å². The van der Waals surface area contributed by atoms with Gasteiger partial charge >= 0.3 is 0 Å². The molecule has 6 heteroatoms. The Morgan fingerprint density at radius 2 is 1.80 bits per heavy atom. The standard InChI is InChI=1S/C19H19N3O2S/c1-12-8-10-15(11-9-12)20-17(23)14(3)25-19-22-21-18(24-19)16-7-5-4-6-13(16)2/h4-11,14H,1-3H3,(H,20,23)/t14-/m1/s1. The second-order valence-corrected chi connectivity index (χ2v) is 7.10. The van der Waals surface area contributed by atoms with Gasteiger partial charge in [0.2, 0.25) is 11.8 Å². The smallest absolute Gasteiger partial charge is 0.277 e. The topological polar surface area (TPSA) is 68.0 Å². The maximum absolute atomic E-state index is 12.3. The number of rotatable bonds is 5. The largest absolute Gasteiger partial charge is 0.411 e. The van der Waals surface area contributed by atoms with Crippen molar-refractivity contribution in [3.05, 3.63) is 59.7 Å². The molecular formula is C19H19N3O2S. The molecular weight excluding hydrogens is 334 g/mol. The van der Waals surface area contributed by atoms with Gasteiger partial charge in [0, 0.05) is 11.3 Å². The quantitative estimate of drug-likeness (QED) is 0.685. The SMILES string of the molecule is Cc1ccc(NC(=O)[C@@H](C)Sc2nnc(-c3ccccc3C)o2)cc1. The number of nitrogens with zero attached hydrogens (tertiary/aromatic N) is 2. The first kappa shape index (κ1) is 17.2. The van der Waals surface area contributed by atoms with Gasteiger partial charge in [-0.2, -0.15) is 0 Å². The van der Waals surface area contributed by atoms with Crippen LogP contribution in [-0.2, 0) is 4.79 Å². The van der Waals surface area contributed by atoms with Gasteiger partial charge in [-0.15, -0.1) is 10.2 Å². The van der Waals surface area contributed by atoms with Crippen LogP contribution in [0, 0.1) is 13.8 Å². The number of hydrogen-bond donors (Lipinski definition) is 1. The predicted octanol–water partition coefficient (Wildman–Crippen LogP) is 4.47. The van der Waals surface area contributed by atoms with Crippen molar-refractivity contribution in [3.8, 4) is 11.5 Å². The number of thioether (sulfide) groups is 1. The van der Waals surface area contributed by atoms with E-state index in [0.29, 0.717) is 11.1 Å². The van der Waals surface area contributed by atoms with Crippen LogP contribution in [0.5, 0.6) is 0 Å². The fraction of sp³-hybridized carbons (Fsp3) is 0.211. The molecule has 128 valence electrons. The van der Waals surface area contributed by atoms with E-state index in [1.807, 2.05) is 69.3 Å². The zero-order valence-electron chi connectivity index (χ0n) is 14.3. The lowest BCUT2D eigenvalue weighted by atomic mass is 10.1. The highest BCUT2D eigenvalue weighted by atomic mass is 32.2. The molecule has 1 N–H and O–H groups in total. The van der Waals surface area contributed by atoms with E-state index in [2.05, 4.69) is 15.5 Å². The Kier molecular flexibility index (Phi) is 5.19. The average Bonchev–Trinajstić information content (AvgIpc) is 3.05. The van der Waals surface area contributed by atoms with E-state index in [4.69, 9.17) is 4.42 Å². The Labute approximate surface area is 150 Å². The summed E-state index contributed by atoms with van der Waals surface area (Å²) in [6.45, 7) is 5.81. The third-order valence-electron chi connectivity index (χ3n) is 3.75. The number of aryl methyl sites for hydroxylation is 2. The van der Waals surface area contributed by atoms with Gasteiger partial charge in [-0.05, 0) is 44.5 Å². The van der Waals surface area contributed by atoms with E-state index < -0.39 is 0 Å². The van der Waals surface area contributed by atoms with Crippen molar-refractivity contribution < 1.29 is 9.21 Å². The molecule has 0 aliphatic rings. The molecule has 1 aromatic heterocycles. The number of carbonyl (C=O) groups excluding carboxylic acids is 1. The molecule has 2 aromatic carbocycles. The zero-order chi connectivity index (χ0) is 17.8. The summed E-state index contributed by atoms with van der Waals surface area (Å²) in [5.41, 5.74) is 3.88. The molecule has 1 amide bonds. The summed E-state index contributed by atoms with van der Waals surface area (Å²) in [5.74, 6) is 0.358. The summed E-state index contributed by atoms with van der Waals surface area (Å²) in [4.78, 5) is 12.3. The number of carbonyl (C=O) groups is 1. The van der Waals surface area contributed by atoms with Crippen LogP contribution < -0.4 is 5.32 Å². The van der Waals surface area contributed by atoms with Crippen LogP contribution in [0.1, 0.15) is 18.1 Å². The average molecular weight is 353 g/mol. The lowest BCUT2D eigenvalue weighted by Gasteiger charge is -2.10. The summed E-state index contributed by atoms with van der Waals surface area (Å²) < 4.78 is 5.70. The van der Waals surface area contributed by atoms with Crippen LogP contribution in [-0.4, -0.2) is 21.4 Å². The molecule has 1 atom stereocenters. The molecule has 0 saturated heterocycles. The Hall–Kier alpha value is -2.60. The molecule has 25 heavy (non-hydrogen) atoms. The van der Waals surface area contributed by atoms with Crippen molar-refractivity contribution in [1.29, 1.82) is 0 Å². The van der Waals surface area contributed by atoms with Gasteiger partial charge in [-0.25, -0.2) is 0 Å². The van der Waals surface area contributed by atoms with Gasteiger partial charge in [0.05, 0.1) is 5.25 Å². The number of amides is 1. The van der Waals surface area contributed by atoms with Gasteiger partial charge in [0.1, 0.15) is 0 Å². The maximum atomic E-state index is 12.3. The van der Waals surface area contributed by atoms with E-state index in [1.54, 1.807) is 0 Å². The Bertz CT molecular complexity index is 874. The van der Waals surface area contributed by atoms with Crippen molar-refractivity contribution in [2.45, 2.75) is 31.2 Å². The highest BCUT2D eigenvalue weighted by Gasteiger charge is 2.19. The highest BCUT2D eigenvalue weighted by Crippen LogP contribution is 2.28. The maximum Gasteiger partial charge on any atom is 0.277 e. The molecule has 0 aliphatic heterocycles. The molecule has 0 aliphatic carbocycles. The highest BCUT2D eigenvalue weighted by molar-refractivity contribution is 8.00. The van der Waals surface area contributed by atoms with E-state index >= 15 is 0 Å². The van der Waals surface area contributed by atoms with E-state index in [-0.39, 0.29) is 11.2 Å². The summed E-state index contributed by atoms with van der Waals surface area (Å²) in [5, 5.41) is 11.0. The van der Waals surface area contributed by atoms with Crippen molar-refractivity contribution in [1.82, 2.24) is 10.2 Å². The molecule has 3 aromatic rings. The Morgan fingerprint density at radius 1 is 1.08 bits per heavy atom. The molecule has 3 rings (SSSR count). The van der Waals surface area contributed by atoms with Crippen molar-refractivity contribution in [2.24, 2.45) is 0 Å². The summed E-state index contributed by atoms with van der Waals surface area (Å²) in [6, 6.07) is 15.5. The minimum Gasteiger partial charge on any atom is -0.411 e. The first-order chi connectivity index (χ1) is 12.0. The molecule has 0 unspecified atom stereocenters. The number of hydrogen-bond acceptors (Lipinski definition) is 5. The second-order valence-electron chi connectivity index (χ2n) is 5.80. The monoisotopic (exact) mass is 353 g/mol. The van der Waals surface area contributed by atoms with Gasteiger partial charge in [-0.3, -0.25) is 4.79 Å². The van der Waals surface area contributed by atoms with Gasteiger partial charge in [-0.1, -0.05) is 47.7 Å². The number of nitrogens with one attached hydrogen (secondary N) is 1. The van der Waals surface area contributed by atoms with Crippen LogP contribution in [0.25, 0.3) is 11.5 Å². The van der Waals surface area contributed by atoms with Crippen molar-refractivity contribution >= 4 is 23.4 Å². The Morgan fingerprint density at radius 3 is 2.52 bits per heavy atom. The number of aromatic nitrogens is 2. The lowest BCUT2D eigenvalue weighted by molar-refractivity contribution is -0.115. The van der Waals surface area contributed by atoms with Gasteiger partial charge < -0.3 is 9.73 Å². The molecule has 5 nitrogen and oxygen atoms in total. The third-order valence-corrected chi connectivity index (χ3v) is 4.68. The normalized spacial score (nSPS) is 12.0. The van der Waals surface area contributed by atoms with Crippen molar-refractivity contribution in [3.63, 3.8) is 0 Å². The van der Waals surface area contributed by atoms with Crippen LogP contribution in [0.15, 0.2) is 58.2 Å². The Balaban J connectivity index is 1.65. The minimum absolute atomic E-state index is 0.107. The fourth-order valence-corrected chi connectivity index (χ4v) is 2.95. The van der Waals surface area contributed by atoms with Crippen LogP contribution >= 0.6 is 11.8 Å². The zero-order valence-corrected chi connectivity index (χ0v) is 15.1.